The zero-order valence-electron chi connectivity index (χ0n) is 17.6. The van der Waals surface area contributed by atoms with E-state index in [1.165, 1.54) is 0 Å². The number of nitrogens with one attached hydrogen (secondary N) is 3. The SMILES string of the molecule is CC(NC(=O)[C@H](Cc1c[nH]c2ccccc12)NC(=O)c1ccccc1Cl)c1ccccc1. The van der Waals surface area contributed by atoms with E-state index >= 15 is 0 Å². The van der Waals surface area contributed by atoms with Gasteiger partial charge in [0.2, 0.25) is 5.91 Å². The summed E-state index contributed by atoms with van der Waals surface area (Å²) in [5, 5.41) is 7.28. The van der Waals surface area contributed by atoms with Crippen molar-refractivity contribution in [2.75, 3.05) is 0 Å². The van der Waals surface area contributed by atoms with Gasteiger partial charge in [-0.3, -0.25) is 9.59 Å². The second-order valence-corrected chi connectivity index (χ2v) is 8.12. The molecule has 6 heteroatoms. The lowest BCUT2D eigenvalue weighted by Crippen LogP contribution is -2.48. The van der Waals surface area contributed by atoms with E-state index in [1.807, 2.05) is 67.7 Å². The third-order valence-corrected chi connectivity index (χ3v) is 5.83. The molecule has 0 aliphatic rings. The first-order valence-electron chi connectivity index (χ1n) is 10.5. The lowest BCUT2D eigenvalue weighted by Gasteiger charge is -2.22. The Balaban J connectivity index is 1.59. The van der Waals surface area contributed by atoms with Gasteiger partial charge < -0.3 is 15.6 Å². The Morgan fingerprint density at radius 3 is 2.38 bits per heavy atom. The number of aromatic amines is 1. The van der Waals surface area contributed by atoms with Crippen LogP contribution in [0.2, 0.25) is 5.02 Å². The molecule has 1 heterocycles. The lowest BCUT2D eigenvalue weighted by atomic mass is 10.0. The Bertz CT molecular complexity index is 1240. The molecule has 4 rings (SSSR count). The van der Waals surface area contributed by atoms with Crippen molar-refractivity contribution in [3.63, 3.8) is 0 Å². The smallest absolute Gasteiger partial charge is 0.253 e. The van der Waals surface area contributed by atoms with Gasteiger partial charge >= 0.3 is 0 Å². The van der Waals surface area contributed by atoms with Crippen LogP contribution in [-0.4, -0.2) is 22.8 Å². The van der Waals surface area contributed by atoms with Gasteiger partial charge in [0.25, 0.3) is 5.91 Å². The zero-order valence-corrected chi connectivity index (χ0v) is 18.4. The van der Waals surface area contributed by atoms with Crippen molar-refractivity contribution in [2.45, 2.75) is 25.4 Å². The first-order chi connectivity index (χ1) is 15.5. The summed E-state index contributed by atoms with van der Waals surface area (Å²) in [5.74, 6) is -0.644. The van der Waals surface area contributed by atoms with E-state index in [2.05, 4.69) is 15.6 Å². The number of H-pyrrole nitrogens is 1. The van der Waals surface area contributed by atoms with Gasteiger partial charge in [0.15, 0.2) is 0 Å². The predicted octanol–water partition coefficient (Wildman–Crippen LogP) is 5.04. The van der Waals surface area contributed by atoms with Gasteiger partial charge in [-0.25, -0.2) is 0 Å². The highest BCUT2D eigenvalue weighted by molar-refractivity contribution is 6.33. The molecule has 0 radical (unpaired) electrons. The van der Waals surface area contributed by atoms with Crippen LogP contribution in [0, 0.1) is 0 Å². The molecule has 0 aliphatic carbocycles. The minimum Gasteiger partial charge on any atom is -0.361 e. The molecule has 1 aromatic heterocycles. The number of carbonyl (C=O) groups excluding carboxylic acids is 2. The molecule has 32 heavy (non-hydrogen) atoms. The van der Waals surface area contributed by atoms with Crippen LogP contribution in [0.1, 0.15) is 34.5 Å². The van der Waals surface area contributed by atoms with E-state index in [4.69, 9.17) is 11.6 Å². The minimum atomic E-state index is -0.774. The van der Waals surface area contributed by atoms with Crippen molar-refractivity contribution in [3.05, 3.63) is 107 Å². The average molecular weight is 446 g/mol. The maximum Gasteiger partial charge on any atom is 0.253 e. The van der Waals surface area contributed by atoms with Crippen LogP contribution in [-0.2, 0) is 11.2 Å². The molecule has 0 spiro atoms. The van der Waals surface area contributed by atoms with E-state index in [1.54, 1.807) is 24.3 Å². The molecule has 0 saturated carbocycles. The molecule has 4 aromatic rings. The van der Waals surface area contributed by atoms with Crippen molar-refractivity contribution >= 4 is 34.3 Å². The number of aromatic nitrogens is 1. The predicted molar refractivity (Wildman–Crippen MR) is 128 cm³/mol. The molecule has 0 aliphatic heterocycles. The summed E-state index contributed by atoms with van der Waals surface area (Å²) in [6, 6.07) is 23.4. The second kappa shape index (κ2) is 9.71. The number of carbonyl (C=O) groups is 2. The van der Waals surface area contributed by atoms with Crippen molar-refractivity contribution in [1.29, 1.82) is 0 Å². The normalized spacial score (nSPS) is 12.8. The number of rotatable bonds is 7. The van der Waals surface area contributed by atoms with Crippen LogP contribution < -0.4 is 10.6 Å². The van der Waals surface area contributed by atoms with Gasteiger partial charge in [-0.15, -0.1) is 0 Å². The number of hydrogen-bond acceptors (Lipinski definition) is 2. The van der Waals surface area contributed by atoms with Gasteiger partial charge in [-0.2, -0.15) is 0 Å². The molecule has 0 fully saturated rings. The van der Waals surface area contributed by atoms with Gasteiger partial charge in [0.1, 0.15) is 6.04 Å². The highest BCUT2D eigenvalue weighted by Gasteiger charge is 2.25. The first kappa shape index (κ1) is 21.7. The fourth-order valence-corrected chi connectivity index (χ4v) is 3.97. The third kappa shape index (κ3) is 4.84. The number of hydrogen-bond donors (Lipinski definition) is 3. The minimum absolute atomic E-state index is 0.202. The van der Waals surface area contributed by atoms with E-state index < -0.39 is 6.04 Å². The summed E-state index contributed by atoms with van der Waals surface area (Å²) in [4.78, 5) is 29.4. The summed E-state index contributed by atoms with van der Waals surface area (Å²) >= 11 is 6.20. The summed E-state index contributed by atoms with van der Waals surface area (Å²) < 4.78 is 0. The molecule has 2 amide bonds. The Labute approximate surface area is 191 Å². The molecule has 1 unspecified atom stereocenters. The van der Waals surface area contributed by atoms with Crippen molar-refractivity contribution in [1.82, 2.24) is 15.6 Å². The van der Waals surface area contributed by atoms with Crippen LogP contribution in [0.15, 0.2) is 85.1 Å². The largest absolute Gasteiger partial charge is 0.361 e. The first-order valence-corrected chi connectivity index (χ1v) is 10.9. The summed E-state index contributed by atoms with van der Waals surface area (Å²) in [6.07, 6.45) is 2.22. The standard InChI is InChI=1S/C26H24ClN3O2/c1-17(18-9-3-2-4-10-18)29-26(32)24(30-25(31)21-12-5-7-13-22(21)27)15-19-16-28-23-14-8-6-11-20(19)23/h2-14,16-17,24,28H,15H2,1H3,(H,29,32)(H,30,31)/t17?,24-/m0/s1. The molecule has 0 bridgehead atoms. The number of halogens is 1. The van der Waals surface area contributed by atoms with Crippen LogP contribution >= 0.6 is 11.6 Å². The van der Waals surface area contributed by atoms with Crippen LogP contribution in [0.4, 0.5) is 0 Å². The molecule has 3 aromatic carbocycles. The topological polar surface area (TPSA) is 74.0 Å². The molecule has 162 valence electrons. The Morgan fingerprint density at radius 2 is 1.59 bits per heavy atom. The fraction of sp³-hybridized carbons (Fsp3) is 0.154. The summed E-state index contributed by atoms with van der Waals surface area (Å²) in [6.45, 7) is 1.92. The Morgan fingerprint density at radius 1 is 0.906 bits per heavy atom. The Hall–Kier alpha value is -3.57. The van der Waals surface area contributed by atoms with Gasteiger partial charge in [-0.05, 0) is 36.2 Å². The van der Waals surface area contributed by atoms with Crippen LogP contribution in [0.25, 0.3) is 10.9 Å². The number of fused-ring (bicyclic) bond motifs is 1. The zero-order chi connectivity index (χ0) is 22.5. The van der Waals surface area contributed by atoms with E-state index in [9.17, 15) is 9.59 Å². The summed E-state index contributed by atoms with van der Waals surface area (Å²) in [5.41, 5.74) is 3.26. The van der Waals surface area contributed by atoms with E-state index in [-0.39, 0.29) is 17.9 Å². The van der Waals surface area contributed by atoms with Crippen molar-refractivity contribution in [3.8, 4) is 0 Å². The number of benzene rings is 3. The number of para-hydroxylation sites is 1. The van der Waals surface area contributed by atoms with Gasteiger partial charge in [0, 0.05) is 23.5 Å². The highest BCUT2D eigenvalue weighted by atomic mass is 35.5. The van der Waals surface area contributed by atoms with Gasteiger partial charge in [-0.1, -0.05) is 72.3 Å². The quantitative estimate of drug-likeness (QED) is 0.373. The molecule has 3 N–H and O–H groups in total. The summed E-state index contributed by atoms with van der Waals surface area (Å²) in [7, 11) is 0. The third-order valence-electron chi connectivity index (χ3n) is 5.50. The maximum absolute atomic E-state index is 13.3. The Kier molecular flexibility index (Phi) is 6.57. The van der Waals surface area contributed by atoms with Crippen molar-refractivity contribution < 1.29 is 9.59 Å². The van der Waals surface area contributed by atoms with Crippen LogP contribution in [0.3, 0.4) is 0 Å². The second-order valence-electron chi connectivity index (χ2n) is 7.71. The fourth-order valence-electron chi connectivity index (χ4n) is 3.75. The highest BCUT2D eigenvalue weighted by Crippen LogP contribution is 2.21. The molecular weight excluding hydrogens is 422 g/mol. The lowest BCUT2D eigenvalue weighted by molar-refractivity contribution is -0.123. The van der Waals surface area contributed by atoms with Crippen molar-refractivity contribution in [2.24, 2.45) is 0 Å². The van der Waals surface area contributed by atoms with Gasteiger partial charge in [0.05, 0.1) is 16.6 Å². The van der Waals surface area contributed by atoms with E-state index in [0.29, 0.717) is 17.0 Å². The molecular formula is C26H24ClN3O2. The monoisotopic (exact) mass is 445 g/mol. The number of amides is 2. The van der Waals surface area contributed by atoms with Crippen LogP contribution in [0.5, 0.6) is 0 Å². The molecule has 2 atom stereocenters. The van der Waals surface area contributed by atoms with E-state index in [0.717, 1.165) is 22.0 Å². The average Bonchev–Trinajstić information content (AvgIpc) is 3.22. The maximum atomic E-state index is 13.3. The molecule has 0 saturated heterocycles. The molecule has 5 nitrogen and oxygen atoms in total.